The molecule has 0 spiro atoms. The smallest absolute Gasteiger partial charge is 0.247 e. The van der Waals surface area contributed by atoms with Crippen LogP contribution in [-0.2, 0) is 6.54 Å². The van der Waals surface area contributed by atoms with Gasteiger partial charge in [0, 0.05) is 6.20 Å². The summed E-state index contributed by atoms with van der Waals surface area (Å²) in [5, 5.41) is 13.7. The minimum atomic E-state index is 0.706. The molecule has 0 unspecified atom stereocenters. The number of hydrogen-bond acceptors (Lipinski definition) is 4. The summed E-state index contributed by atoms with van der Waals surface area (Å²) in [5.74, 6) is 0.706. The molecule has 5 heteroatoms. The first-order chi connectivity index (χ1) is 4.47. The van der Waals surface area contributed by atoms with Crippen molar-refractivity contribution >= 4 is 5.95 Å². The molecule has 1 aromatic rings. The largest absolute Gasteiger partial charge is 0.330 e. The second-order valence-electron chi connectivity index (χ2n) is 1.73. The fourth-order valence-corrected chi connectivity index (χ4v) is 0.717. The molecule has 1 aliphatic heterocycles. The first kappa shape index (κ1) is 4.49. The van der Waals surface area contributed by atoms with Crippen LogP contribution in [0.4, 0.5) is 5.95 Å². The molecule has 0 aliphatic carbocycles. The molecule has 2 heterocycles. The molecule has 2 rings (SSSR count). The van der Waals surface area contributed by atoms with Crippen molar-refractivity contribution in [3.05, 3.63) is 12.3 Å². The van der Waals surface area contributed by atoms with Gasteiger partial charge in [-0.3, -0.25) is 0 Å². The van der Waals surface area contributed by atoms with Crippen LogP contribution in [0.3, 0.4) is 0 Å². The van der Waals surface area contributed by atoms with E-state index in [0.717, 1.165) is 6.54 Å². The number of tetrazole rings is 1. The minimum Gasteiger partial charge on any atom is -0.330 e. The van der Waals surface area contributed by atoms with Crippen molar-refractivity contribution in [2.45, 2.75) is 6.54 Å². The quantitative estimate of drug-likeness (QED) is 0.510. The topological polar surface area (TPSA) is 55.6 Å². The fraction of sp³-hybridized carbons (Fsp3) is 0.250. The molecule has 5 nitrogen and oxygen atoms in total. The maximum atomic E-state index is 3.70. The average molecular weight is 123 g/mol. The first-order valence-electron chi connectivity index (χ1n) is 2.64. The Labute approximate surface area is 51.4 Å². The molecule has 1 aliphatic rings. The van der Waals surface area contributed by atoms with Crippen molar-refractivity contribution in [1.29, 1.82) is 0 Å². The third-order valence-corrected chi connectivity index (χ3v) is 1.14. The van der Waals surface area contributed by atoms with Crippen LogP contribution >= 0.6 is 0 Å². The first-order valence-corrected chi connectivity index (χ1v) is 2.64. The van der Waals surface area contributed by atoms with Crippen LogP contribution in [-0.4, -0.2) is 20.2 Å². The van der Waals surface area contributed by atoms with Crippen molar-refractivity contribution in [3.63, 3.8) is 0 Å². The highest BCUT2D eigenvalue weighted by molar-refractivity contribution is 5.29. The predicted molar refractivity (Wildman–Crippen MR) is 30.6 cm³/mol. The van der Waals surface area contributed by atoms with Crippen molar-refractivity contribution < 1.29 is 0 Å². The van der Waals surface area contributed by atoms with Gasteiger partial charge in [-0.05, 0) is 16.5 Å². The van der Waals surface area contributed by atoms with E-state index in [1.54, 1.807) is 4.68 Å². The summed E-state index contributed by atoms with van der Waals surface area (Å²) in [5.41, 5.74) is 0. The van der Waals surface area contributed by atoms with Gasteiger partial charge in [-0.1, -0.05) is 5.10 Å². The van der Waals surface area contributed by atoms with Gasteiger partial charge in [0.1, 0.15) is 0 Å². The summed E-state index contributed by atoms with van der Waals surface area (Å²) >= 11 is 0. The van der Waals surface area contributed by atoms with Gasteiger partial charge >= 0.3 is 0 Å². The number of rotatable bonds is 0. The Morgan fingerprint density at radius 1 is 1.67 bits per heavy atom. The van der Waals surface area contributed by atoms with E-state index in [1.807, 2.05) is 12.3 Å². The lowest BCUT2D eigenvalue weighted by atomic mass is 10.5. The highest BCUT2D eigenvalue weighted by Crippen LogP contribution is 2.02. The van der Waals surface area contributed by atoms with Crippen LogP contribution in [0.5, 0.6) is 0 Å². The molecule has 46 valence electrons. The summed E-state index contributed by atoms with van der Waals surface area (Å²) in [6.07, 6.45) is 3.77. The van der Waals surface area contributed by atoms with Crippen LogP contribution in [0.25, 0.3) is 0 Å². The number of fused-ring (bicyclic) bond motifs is 1. The summed E-state index contributed by atoms with van der Waals surface area (Å²) in [6, 6.07) is 0. The second-order valence-corrected chi connectivity index (χ2v) is 1.73. The summed E-state index contributed by atoms with van der Waals surface area (Å²) in [7, 11) is 0. The van der Waals surface area contributed by atoms with E-state index in [1.165, 1.54) is 0 Å². The Bertz CT molecular complexity index is 214. The minimum absolute atomic E-state index is 0.706. The van der Waals surface area contributed by atoms with Gasteiger partial charge in [-0.25, -0.2) is 4.68 Å². The van der Waals surface area contributed by atoms with E-state index in [9.17, 15) is 0 Å². The lowest BCUT2D eigenvalue weighted by molar-refractivity contribution is 0.659. The van der Waals surface area contributed by atoms with E-state index in [0.29, 0.717) is 5.95 Å². The van der Waals surface area contributed by atoms with Crippen molar-refractivity contribution in [2.24, 2.45) is 0 Å². The van der Waals surface area contributed by atoms with E-state index < -0.39 is 0 Å². The highest BCUT2D eigenvalue weighted by atomic mass is 15.6. The Hall–Kier alpha value is -1.39. The summed E-state index contributed by atoms with van der Waals surface area (Å²) in [6.45, 7) is 0.759. The maximum absolute atomic E-state index is 3.70. The Balaban J connectivity index is 2.46. The zero-order chi connectivity index (χ0) is 6.10. The van der Waals surface area contributed by atoms with Crippen LogP contribution in [0.1, 0.15) is 0 Å². The fourth-order valence-electron chi connectivity index (χ4n) is 0.717. The molecule has 0 radical (unpaired) electrons. The molecule has 0 amide bonds. The van der Waals surface area contributed by atoms with Crippen molar-refractivity contribution in [2.75, 3.05) is 5.32 Å². The van der Waals surface area contributed by atoms with E-state index in [4.69, 9.17) is 0 Å². The third kappa shape index (κ3) is 0.576. The lowest BCUT2D eigenvalue weighted by Gasteiger charge is -2.04. The van der Waals surface area contributed by atoms with Crippen molar-refractivity contribution in [3.8, 4) is 0 Å². The lowest BCUT2D eigenvalue weighted by Crippen LogP contribution is -2.08. The van der Waals surface area contributed by atoms with E-state index >= 15 is 0 Å². The molecule has 1 aromatic heterocycles. The van der Waals surface area contributed by atoms with Gasteiger partial charge < -0.3 is 5.32 Å². The molecule has 0 fully saturated rings. The summed E-state index contributed by atoms with van der Waals surface area (Å²) in [4.78, 5) is 0. The highest BCUT2D eigenvalue weighted by Gasteiger charge is 2.03. The zero-order valence-corrected chi connectivity index (χ0v) is 4.65. The summed E-state index contributed by atoms with van der Waals surface area (Å²) < 4.78 is 1.68. The molecule has 0 saturated heterocycles. The van der Waals surface area contributed by atoms with Crippen LogP contribution in [0, 0.1) is 0 Å². The van der Waals surface area contributed by atoms with Crippen molar-refractivity contribution in [1.82, 2.24) is 20.2 Å². The molecule has 9 heavy (non-hydrogen) atoms. The van der Waals surface area contributed by atoms with Crippen LogP contribution in [0.15, 0.2) is 12.3 Å². The SMILES string of the molecule is C1=CNc2nnnn2C1. The normalized spacial score (nSPS) is 14.7. The molecule has 0 atom stereocenters. The number of anilines is 1. The monoisotopic (exact) mass is 123 g/mol. The number of aromatic nitrogens is 4. The molecule has 1 N–H and O–H groups in total. The van der Waals surface area contributed by atoms with E-state index in [-0.39, 0.29) is 0 Å². The van der Waals surface area contributed by atoms with Gasteiger partial charge in [0.05, 0.1) is 6.54 Å². The van der Waals surface area contributed by atoms with Gasteiger partial charge in [0.2, 0.25) is 5.95 Å². The van der Waals surface area contributed by atoms with Crippen LogP contribution in [0.2, 0.25) is 0 Å². The number of nitrogens with one attached hydrogen (secondary N) is 1. The Morgan fingerprint density at radius 2 is 2.67 bits per heavy atom. The molecular weight excluding hydrogens is 118 g/mol. The van der Waals surface area contributed by atoms with E-state index in [2.05, 4.69) is 20.8 Å². The Morgan fingerprint density at radius 3 is 3.56 bits per heavy atom. The molecule has 0 saturated carbocycles. The number of nitrogens with zero attached hydrogens (tertiary/aromatic N) is 4. The standard InChI is InChI=1S/C4H5N5/c1-2-5-4-6-7-8-9(4)3-1/h1-2H,3H2,(H,5,6,8). The van der Waals surface area contributed by atoms with Gasteiger partial charge in [0.15, 0.2) is 0 Å². The third-order valence-electron chi connectivity index (χ3n) is 1.14. The maximum Gasteiger partial charge on any atom is 0.247 e. The van der Waals surface area contributed by atoms with Crippen LogP contribution < -0.4 is 5.32 Å². The predicted octanol–water partition coefficient (Wildman–Crippen LogP) is -0.388. The van der Waals surface area contributed by atoms with Gasteiger partial charge in [0.25, 0.3) is 0 Å². The molecule has 0 aromatic carbocycles. The zero-order valence-electron chi connectivity index (χ0n) is 4.65. The molecular formula is C4H5N5. The van der Waals surface area contributed by atoms with Gasteiger partial charge in [-0.2, -0.15) is 0 Å². The average Bonchev–Trinajstić information content (AvgIpc) is 2.33. The Kier molecular flexibility index (Phi) is 0.769. The number of allylic oxidation sites excluding steroid dienone is 1. The van der Waals surface area contributed by atoms with Gasteiger partial charge in [-0.15, -0.1) is 0 Å². The second kappa shape index (κ2) is 1.54. The molecule has 0 bridgehead atoms. The number of hydrogen-bond donors (Lipinski definition) is 1.